The van der Waals surface area contributed by atoms with Gasteiger partial charge in [-0.05, 0) is 69.9 Å². The quantitative estimate of drug-likeness (QED) is 0.437. The molecule has 0 radical (unpaired) electrons. The second-order valence-corrected chi connectivity index (χ2v) is 11.8. The molecule has 0 aliphatic heterocycles. The van der Waals surface area contributed by atoms with Crippen LogP contribution in [0.15, 0.2) is 52.2 Å². The van der Waals surface area contributed by atoms with Crippen LogP contribution < -0.4 is 15.1 Å². The molecule has 0 amide bonds. The van der Waals surface area contributed by atoms with E-state index in [1.165, 1.54) is 6.42 Å². The van der Waals surface area contributed by atoms with Gasteiger partial charge in [0.2, 0.25) is 10.0 Å². The molecular weight excluding hydrogens is 462 g/mol. The number of aromatic nitrogens is 2. The van der Waals surface area contributed by atoms with E-state index >= 15 is 0 Å². The van der Waals surface area contributed by atoms with Crippen molar-refractivity contribution in [3.05, 3.63) is 58.5 Å². The molecule has 1 heterocycles. The van der Waals surface area contributed by atoms with Crippen molar-refractivity contribution in [3.63, 3.8) is 0 Å². The van der Waals surface area contributed by atoms with Gasteiger partial charge in [0.1, 0.15) is 5.75 Å². The SMILES string of the molecule is CCOc1ccc2c(c1)n(C1CCCCC1)c(=O)n2Cc1ccc(S(=O)(=O)NC(C)(C)CC)cc1. The number of hydrogen-bond donors (Lipinski definition) is 1. The second kappa shape index (κ2) is 10.2. The van der Waals surface area contributed by atoms with Crippen molar-refractivity contribution in [2.75, 3.05) is 6.61 Å². The highest BCUT2D eigenvalue weighted by Crippen LogP contribution is 2.31. The van der Waals surface area contributed by atoms with Gasteiger partial charge < -0.3 is 4.74 Å². The number of ether oxygens (including phenoxy) is 1. The maximum absolute atomic E-state index is 13.7. The molecule has 1 aliphatic rings. The fourth-order valence-electron chi connectivity index (χ4n) is 4.81. The molecule has 190 valence electrons. The number of nitrogens with one attached hydrogen (secondary N) is 1. The summed E-state index contributed by atoms with van der Waals surface area (Å²) in [5, 5.41) is 0. The van der Waals surface area contributed by atoms with Crippen LogP contribution in [0.1, 0.15) is 77.8 Å². The third-order valence-corrected chi connectivity index (χ3v) is 8.77. The predicted octanol–water partition coefficient (Wildman–Crippen LogP) is 5.22. The molecule has 1 saturated carbocycles. The smallest absolute Gasteiger partial charge is 0.329 e. The Morgan fingerprint density at radius 1 is 1.00 bits per heavy atom. The van der Waals surface area contributed by atoms with E-state index in [0.29, 0.717) is 19.6 Å². The zero-order valence-corrected chi connectivity index (χ0v) is 22.0. The van der Waals surface area contributed by atoms with E-state index in [4.69, 9.17) is 4.74 Å². The van der Waals surface area contributed by atoms with Gasteiger partial charge in [-0.3, -0.25) is 9.13 Å². The minimum atomic E-state index is -3.62. The van der Waals surface area contributed by atoms with E-state index < -0.39 is 15.6 Å². The molecule has 4 rings (SSSR count). The van der Waals surface area contributed by atoms with Crippen LogP contribution in [-0.2, 0) is 16.6 Å². The molecule has 2 aromatic carbocycles. The summed E-state index contributed by atoms with van der Waals surface area (Å²) in [6.07, 6.45) is 6.18. The van der Waals surface area contributed by atoms with Crippen LogP contribution in [0.2, 0.25) is 0 Å². The fraction of sp³-hybridized carbons (Fsp3) is 0.519. The lowest BCUT2D eigenvalue weighted by Gasteiger charge is -2.24. The third-order valence-electron chi connectivity index (χ3n) is 7.05. The number of imidazole rings is 1. The summed E-state index contributed by atoms with van der Waals surface area (Å²) in [7, 11) is -3.62. The molecule has 35 heavy (non-hydrogen) atoms. The van der Waals surface area contributed by atoms with Gasteiger partial charge in [-0.15, -0.1) is 0 Å². The van der Waals surface area contributed by atoms with Crippen LogP contribution in [0.25, 0.3) is 11.0 Å². The number of benzene rings is 2. The lowest BCUT2D eigenvalue weighted by Crippen LogP contribution is -2.42. The van der Waals surface area contributed by atoms with Crippen molar-refractivity contribution in [3.8, 4) is 5.75 Å². The average Bonchev–Trinajstić information content (AvgIpc) is 3.10. The van der Waals surface area contributed by atoms with E-state index in [1.54, 1.807) is 28.8 Å². The lowest BCUT2D eigenvalue weighted by atomic mass is 9.95. The van der Waals surface area contributed by atoms with Crippen molar-refractivity contribution in [1.29, 1.82) is 0 Å². The zero-order valence-electron chi connectivity index (χ0n) is 21.2. The maximum Gasteiger partial charge on any atom is 0.329 e. The van der Waals surface area contributed by atoms with Crippen molar-refractivity contribution < 1.29 is 13.2 Å². The van der Waals surface area contributed by atoms with Gasteiger partial charge in [0.25, 0.3) is 0 Å². The Morgan fingerprint density at radius 3 is 2.31 bits per heavy atom. The van der Waals surface area contributed by atoms with E-state index in [9.17, 15) is 13.2 Å². The van der Waals surface area contributed by atoms with E-state index in [1.807, 2.05) is 50.5 Å². The van der Waals surface area contributed by atoms with Crippen LogP contribution in [0, 0.1) is 0 Å². The number of rotatable bonds is 9. The molecule has 0 saturated heterocycles. The number of nitrogens with zero attached hydrogens (tertiary/aromatic N) is 2. The Bertz CT molecular complexity index is 1330. The van der Waals surface area contributed by atoms with E-state index in [-0.39, 0.29) is 16.6 Å². The van der Waals surface area contributed by atoms with Crippen LogP contribution in [0.5, 0.6) is 5.75 Å². The van der Waals surface area contributed by atoms with E-state index in [0.717, 1.165) is 48.0 Å². The Morgan fingerprint density at radius 2 is 1.69 bits per heavy atom. The zero-order chi connectivity index (χ0) is 25.2. The summed E-state index contributed by atoms with van der Waals surface area (Å²) in [5.74, 6) is 0.763. The maximum atomic E-state index is 13.7. The molecule has 0 atom stereocenters. The summed E-state index contributed by atoms with van der Waals surface area (Å²) in [4.78, 5) is 13.9. The topological polar surface area (TPSA) is 82.3 Å². The lowest BCUT2D eigenvalue weighted by molar-refractivity contribution is 0.339. The minimum absolute atomic E-state index is 0.0244. The van der Waals surface area contributed by atoms with Gasteiger partial charge in [0, 0.05) is 17.6 Å². The molecule has 1 aliphatic carbocycles. The molecule has 3 aromatic rings. The first kappa shape index (κ1) is 25.5. The molecule has 0 unspecified atom stereocenters. The monoisotopic (exact) mass is 499 g/mol. The van der Waals surface area contributed by atoms with Gasteiger partial charge in [-0.1, -0.05) is 38.3 Å². The minimum Gasteiger partial charge on any atom is -0.494 e. The molecule has 7 nitrogen and oxygen atoms in total. The van der Waals surface area contributed by atoms with Crippen molar-refractivity contribution in [1.82, 2.24) is 13.9 Å². The first-order valence-electron chi connectivity index (χ1n) is 12.7. The normalized spacial score (nSPS) is 15.5. The summed E-state index contributed by atoms with van der Waals surface area (Å²) >= 11 is 0. The summed E-state index contributed by atoms with van der Waals surface area (Å²) in [5.41, 5.74) is 2.10. The number of sulfonamides is 1. The van der Waals surface area contributed by atoms with Gasteiger partial charge in [0.05, 0.1) is 29.1 Å². The molecule has 1 N–H and O–H groups in total. The average molecular weight is 500 g/mol. The standard InChI is InChI=1S/C27H37N3O4S/c1-5-27(3,4)28-35(32,33)23-15-12-20(13-16-23)19-29-24-17-14-22(34-6-2)18-25(24)30(26(29)31)21-10-8-7-9-11-21/h12-18,21,28H,5-11,19H2,1-4H3. The second-order valence-electron chi connectivity index (χ2n) is 10.1. The largest absolute Gasteiger partial charge is 0.494 e. The Hall–Kier alpha value is -2.58. The molecule has 1 fully saturated rings. The molecular formula is C27H37N3O4S. The van der Waals surface area contributed by atoms with E-state index in [2.05, 4.69) is 4.72 Å². The van der Waals surface area contributed by atoms with Crippen molar-refractivity contribution in [2.24, 2.45) is 0 Å². The Labute approximate surface area is 208 Å². The molecule has 8 heteroatoms. The molecule has 0 bridgehead atoms. The molecule has 1 aromatic heterocycles. The third kappa shape index (κ3) is 5.48. The van der Waals surface area contributed by atoms with Crippen LogP contribution in [0.4, 0.5) is 0 Å². The van der Waals surface area contributed by atoms with Crippen molar-refractivity contribution in [2.45, 2.75) is 89.2 Å². The summed E-state index contributed by atoms with van der Waals surface area (Å²) in [6, 6.07) is 12.8. The van der Waals surface area contributed by atoms with Crippen molar-refractivity contribution >= 4 is 21.1 Å². The van der Waals surface area contributed by atoms with Gasteiger partial charge in [-0.2, -0.15) is 0 Å². The number of hydrogen-bond acceptors (Lipinski definition) is 4. The first-order valence-corrected chi connectivity index (χ1v) is 14.1. The predicted molar refractivity (Wildman–Crippen MR) is 140 cm³/mol. The highest BCUT2D eigenvalue weighted by atomic mass is 32.2. The summed E-state index contributed by atoms with van der Waals surface area (Å²) in [6.45, 7) is 8.57. The van der Waals surface area contributed by atoms with Crippen LogP contribution in [0.3, 0.4) is 0 Å². The highest BCUT2D eigenvalue weighted by molar-refractivity contribution is 7.89. The van der Waals surface area contributed by atoms with Gasteiger partial charge >= 0.3 is 5.69 Å². The fourth-order valence-corrected chi connectivity index (χ4v) is 6.30. The Balaban J connectivity index is 1.69. The first-order chi connectivity index (χ1) is 16.6. The Kier molecular flexibility index (Phi) is 7.43. The van der Waals surface area contributed by atoms with Crippen LogP contribution in [-0.4, -0.2) is 29.7 Å². The summed E-state index contributed by atoms with van der Waals surface area (Å²) < 4.78 is 37.8. The van der Waals surface area contributed by atoms with Gasteiger partial charge in [0.15, 0.2) is 0 Å². The van der Waals surface area contributed by atoms with Crippen LogP contribution >= 0.6 is 0 Å². The molecule has 0 spiro atoms. The number of fused-ring (bicyclic) bond motifs is 1. The highest BCUT2D eigenvalue weighted by Gasteiger charge is 2.25. The van der Waals surface area contributed by atoms with Gasteiger partial charge in [-0.25, -0.2) is 17.9 Å².